The second kappa shape index (κ2) is 10.6. The second-order valence-corrected chi connectivity index (χ2v) is 8.06. The Balaban J connectivity index is 1.54. The van der Waals surface area contributed by atoms with Crippen LogP contribution >= 0.6 is 0 Å². The minimum Gasteiger partial charge on any atom is -0.465 e. The lowest BCUT2D eigenvalue weighted by molar-refractivity contribution is -0.114. The molecule has 0 aliphatic carbocycles. The molecule has 7 nitrogen and oxygen atoms in total. The molecule has 0 aromatic heterocycles. The van der Waals surface area contributed by atoms with Crippen LogP contribution in [0.15, 0.2) is 60.2 Å². The Morgan fingerprint density at radius 2 is 1.50 bits per heavy atom. The highest BCUT2D eigenvalue weighted by molar-refractivity contribution is 6.10. The number of hydrogen-bond donors (Lipinski definition) is 2. The minimum atomic E-state index is -0.450. The Bertz CT molecular complexity index is 989. The van der Waals surface area contributed by atoms with E-state index in [0.29, 0.717) is 16.9 Å². The lowest BCUT2D eigenvalue weighted by atomic mass is 9.99. The van der Waals surface area contributed by atoms with E-state index in [1.165, 1.54) is 26.0 Å². The maximum atomic E-state index is 12.4. The molecule has 168 valence electrons. The predicted molar refractivity (Wildman–Crippen MR) is 126 cm³/mol. The van der Waals surface area contributed by atoms with E-state index in [-0.39, 0.29) is 11.5 Å². The third kappa shape index (κ3) is 6.20. The van der Waals surface area contributed by atoms with Crippen molar-refractivity contribution in [1.82, 2.24) is 0 Å². The van der Waals surface area contributed by atoms with Crippen LogP contribution in [0.3, 0.4) is 0 Å². The zero-order valence-electron chi connectivity index (χ0n) is 18.7. The molecule has 2 aromatic rings. The van der Waals surface area contributed by atoms with E-state index in [1.807, 2.05) is 24.3 Å². The molecule has 0 spiro atoms. The maximum absolute atomic E-state index is 12.4. The lowest BCUT2D eigenvalue weighted by Crippen LogP contribution is -2.32. The van der Waals surface area contributed by atoms with Crippen LogP contribution in [0.5, 0.6) is 0 Å². The van der Waals surface area contributed by atoms with E-state index in [9.17, 15) is 14.4 Å². The Morgan fingerprint density at radius 1 is 0.938 bits per heavy atom. The standard InChI is InChI=1S/C25H29N3O4/c1-17-12-14-28(15-13-17)22-10-8-20(9-11-22)26-23(29)16-18(2)24(30)27-21-6-4-19(5-7-21)25(31)32-3/h4-11,16-17H,12-15H2,1-3H3,(H,26,29)(H,27,30)/b18-16+. The van der Waals surface area contributed by atoms with Crippen LogP contribution in [0, 0.1) is 5.92 Å². The summed E-state index contributed by atoms with van der Waals surface area (Å²) in [6.45, 7) is 5.95. The summed E-state index contributed by atoms with van der Waals surface area (Å²) in [6, 6.07) is 14.1. The predicted octanol–water partition coefficient (Wildman–Crippen LogP) is 4.23. The maximum Gasteiger partial charge on any atom is 0.337 e. The van der Waals surface area contributed by atoms with Crippen molar-refractivity contribution < 1.29 is 19.1 Å². The Morgan fingerprint density at radius 3 is 2.09 bits per heavy atom. The van der Waals surface area contributed by atoms with Gasteiger partial charge in [-0.2, -0.15) is 0 Å². The third-order valence-electron chi connectivity index (χ3n) is 5.55. The number of carbonyl (C=O) groups is 3. The van der Waals surface area contributed by atoms with Crippen molar-refractivity contribution in [3.8, 4) is 0 Å². The third-order valence-corrected chi connectivity index (χ3v) is 5.55. The molecule has 0 atom stereocenters. The molecule has 7 heteroatoms. The summed E-state index contributed by atoms with van der Waals surface area (Å²) < 4.78 is 4.65. The molecule has 3 rings (SSSR count). The first-order valence-corrected chi connectivity index (χ1v) is 10.7. The molecule has 1 aliphatic rings. The molecule has 1 aliphatic heterocycles. The zero-order valence-corrected chi connectivity index (χ0v) is 18.7. The summed E-state index contributed by atoms with van der Waals surface area (Å²) in [4.78, 5) is 38.5. The van der Waals surface area contributed by atoms with Gasteiger partial charge in [-0.25, -0.2) is 4.79 Å². The molecule has 1 fully saturated rings. The minimum absolute atomic E-state index is 0.263. The highest BCUT2D eigenvalue weighted by Crippen LogP contribution is 2.24. The fourth-order valence-electron chi connectivity index (χ4n) is 3.50. The van der Waals surface area contributed by atoms with Gasteiger partial charge in [-0.15, -0.1) is 0 Å². The summed E-state index contributed by atoms with van der Waals surface area (Å²) in [7, 11) is 1.31. The second-order valence-electron chi connectivity index (χ2n) is 8.06. The molecule has 32 heavy (non-hydrogen) atoms. The van der Waals surface area contributed by atoms with Crippen molar-refractivity contribution in [2.24, 2.45) is 5.92 Å². The first kappa shape index (κ1) is 23.1. The van der Waals surface area contributed by atoms with E-state index >= 15 is 0 Å². The van der Waals surface area contributed by atoms with E-state index in [1.54, 1.807) is 31.2 Å². The first-order valence-electron chi connectivity index (χ1n) is 10.7. The van der Waals surface area contributed by atoms with Crippen LogP contribution in [0.1, 0.15) is 37.0 Å². The number of methoxy groups -OCH3 is 1. The van der Waals surface area contributed by atoms with Crippen molar-refractivity contribution in [3.05, 3.63) is 65.7 Å². The lowest BCUT2D eigenvalue weighted by Gasteiger charge is -2.32. The number of hydrogen-bond acceptors (Lipinski definition) is 5. The molecule has 2 aromatic carbocycles. The number of benzene rings is 2. The Kier molecular flexibility index (Phi) is 7.65. The van der Waals surface area contributed by atoms with E-state index in [4.69, 9.17) is 0 Å². The number of nitrogens with zero attached hydrogens (tertiary/aromatic N) is 1. The van der Waals surface area contributed by atoms with Gasteiger partial charge in [0.1, 0.15) is 0 Å². The molecule has 0 bridgehead atoms. The topological polar surface area (TPSA) is 87.7 Å². The van der Waals surface area contributed by atoms with Gasteiger partial charge in [-0.1, -0.05) is 6.92 Å². The van der Waals surface area contributed by atoms with Gasteiger partial charge in [0.05, 0.1) is 12.7 Å². The van der Waals surface area contributed by atoms with E-state index < -0.39 is 11.9 Å². The molecule has 0 saturated carbocycles. The monoisotopic (exact) mass is 435 g/mol. The van der Waals surface area contributed by atoms with Crippen molar-refractivity contribution >= 4 is 34.8 Å². The molecule has 2 N–H and O–H groups in total. The van der Waals surface area contributed by atoms with Gasteiger partial charge in [-0.05, 0) is 74.2 Å². The van der Waals surface area contributed by atoms with Gasteiger partial charge in [-0.3, -0.25) is 9.59 Å². The summed E-state index contributed by atoms with van der Waals surface area (Å²) in [5.41, 5.74) is 2.99. The number of rotatable bonds is 6. The molecular formula is C25H29N3O4. The number of piperidine rings is 1. The van der Waals surface area contributed by atoms with Gasteiger partial charge < -0.3 is 20.3 Å². The number of carbonyl (C=O) groups excluding carboxylic acids is 3. The highest BCUT2D eigenvalue weighted by Gasteiger charge is 2.16. The average molecular weight is 436 g/mol. The number of nitrogens with one attached hydrogen (secondary N) is 2. The van der Waals surface area contributed by atoms with Crippen LogP contribution in [-0.2, 0) is 14.3 Å². The van der Waals surface area contributed by atoms with Crippen molar-refractivity contribution in [1.29, 1.82) is 0 Å². The molecule has 0 unspecified atom stereocenters. The van der Waals surface area contributed by atoms with Crippen LogP contribution < -0.4 is 15.5 Å². The zero-order chi connectivity index (χ0) is 23.1. The van der Waals surface area contributed by atoms with Crippen molar-refractivity contribution in [2.75, 3.05) is 35.7 Å². The molecular weight excluding hydrogens is 406 g/mol. The Hall–Kier alpha value is -3.61. The quantitative estimate of drug-likeness (QED) is 0.524. The van der Waals surface area contributed by atoms with Gasteiger partial charge >= 0.3 is 5.97 Å². The van der Waals surface area contributed by atoms with Crippen LogP contribution in [0.25, 0.3) is 0 Å². The first-order chi connectivity index (χ1) is 15.4. The summed E-state index contributed by atoms with van der Waals surface area (Å²) >= 11 is 0. The van der Waals surface area contributed by atoms with Gasteiger partial charge in [0, 0.05) is 41.8 Å². The largest absolute Gasteiger partial charge is 0.465 e. The molecule has 2 amide bonds. The highest BCUT2D eigenvalue weighted by atomic mass is 16.5. The number of ether oxygens (including phenoxy) is 1. The summed E-state index contributed by atoms with van der Waals surface area (Å²) in [6.07, 6.45) is 3.65. The average Bonchev–Trinajstić information content (AvgIpc) is 2.80. The molecule has 0 radical (unpaired) electrons. The summed E-state index contributed by atoms with van der Waals surface area (Å²) in [5, 5.41) is 5.49. The van der Waals surface area contributed by atoms with Gasteiger partial charge in [0.2, 0.25) is 5.91 Å². The molecule has 1 saturated heterocycles. The van der Waals surface area contributed by atoms with E-state index in [0.717, 1.165) is 24.7 Å². The number of anilines is 3. The number of esters is 1. The van der Waals surface area contributed by atoms with Gasteiger partial charge in [0.15, 0.2) is 0 Å². The summed E-state index contributed by atoms with van der Waals surface area (Å²) in [5.74, 6) is -0.454. The van der Waals surface area contributed by atoms with E-state index in [2.05, 4.69) is 27.2 Å². The van der Waals surface area contributed by atoms with Crippen molar-refractivity contribution in [2.45, 2.75) is 26.7 Å². The number of amides is 2. The van der Waals surface area contributed by atoms with Crippen LogP contribution in [-0.4, -0.2) is 38.0 Å². The Labute approximate surface area is 188 Å². The van der Waals surface area contributed by atoms with Gasteiger partial charge in [0.25, 0.3) is 5.91 Å². The fourth-order valence-corrected chi connectivity index (χ4v) is 3.50. The van der Waals surface area contributed by atoms with Crippen LogP contribution in [0.2, 0.25) is 0 Å². The van der Waals surface area contributed by atoms with Crippen LogP contribution in [0.4, 0.5) is 17.1 Å². The molecule has 1 heterocycles. The van der Waals surface area contributed by atoms with Crippen molar-refractivity contribution in [3.63, 3.8) is 0 Å². The SMILES string of the molecule is COC(=O)c1ccc(NC(=O)/C(C)=C/C(=O)Nc2ccc(N3CCC(C)CC3)cc2)cc1. The fraction of sp³-hybridized carbons (Fsp3) is 0.320. The smallest absolute Gasteiger partial charge is 0.337 e. The normalized spacial score (nSPS) is 14.6.